The Hall–Kier alpha value is -3.14. The lowest BCUT2D eigenvalue weighted by molar-refractivity contribution is -0.139. The average molecular weight is 595 g/mol. The van der Waals surface area contributed by atoms with E-state index in [0.717, 1.165) is 14.8 Å². The second-order valence-electron chi connectivity index (χ2n) is 9.37. The lowest BCUT2D eigenvalue weighted by Gasteiger charge is -2.32. The van der Waals surface area contributed by atoms with Gasteiger partial charge in [-0.2, -0.15) is 0 Å². The van der Waals surface area contributed by atoms with E-state index in [2.05, 4.69) is 5.32 Å². The highest BCUT2D eigenvalue weighted by Crippen LogP contribution is 2.33. The second-order valence-corrected chi connectivity index (χ2v) is 12.1. The van der Waals surface area contributed by atoms with E-state index in [4.69, 9.17) is 23.2 Å². The van der Waals surface area contributed by atoms with Crippen molar-refractivity contribution in [1.82, 2.24) is 10.2 Å². The molecule has 0 saturated carbocycles. The first-order valence-corrected chi connectivity index (χ1v) is 14.4. The van der Waals surface area contributed by atoms with E-state index >= 15 is 0 Å². The van der Waals surface area contributed by atoms with Crippen LogP contribution in [-0.2, 0) is 26.2 Å². The number of carbonyl (C=O) groups excluding carboxylic acids is 2. The Balaban J connectivity index is 2.09. The van der Waals surface area contributed by atoms with Crippen molar-refractivity contribution in [3.63, 3.8) is 0 Å². The predicted octanol–water partition coefficient (Wildman–Crippen LogP) is 5.58. The van der Waals surface area contributed by atoms with Crippen molar-refractivity contribution in [2.24, 2.45) is 0 Å². The minimum Gasteiger partial charge on any atom is -0.352 e. The molecule has 3 aromatic carbocycles. The molecule has 0 aliphatic rings. The third-order valence-electron chi connectivity index (χ3n) is 5.96. The topological polar surface area (TPSA) is 86.8 Å². The first-order valence-electron chi connectivity index (χ1n) is 12.2. The monoisotopic (exact) mass is 593 g/mol. The minimum atomic E-state index is -4.32. The number of benzene rings is 3. The fourth-order valence-corrected chi connectivity index (χ4v) is 5.69. The molecule has 1 atom stereocenters. The van der Waals surface area contributed by atoms with Gasteiger partial charge in [0.15, 0.2) is 0 Å². The van der Waals surface area contributed by atoms with Gasteiger partial charge in [-0.05, 0) is 64.1 Å². The van der Waals surface area contributed by atoms with Crippen LogP contribution in [0.2, 0.25) is 10.0 Å². The lowest BCUT2D eigenvalue weighted by atomic mass is 10.1. The fourth-order valence-electron chi connectivity index (χ4n) is 3.83. The Morgan fingerprint density at radius 3 is 2.23 bits per heavy atom. The van der Waals surface area contributed by atoms with Crippen LogP contribution in [0.15, 0.2) is 71.6 Å². The Kier molecular flexibility index (Phi) is 9.98. The Labute approximate surface area is 238 Å². The van der Waals surface area contributed by atoms with E-state index in [1.807, 2.05) is 6.92 Å². The van der Waals surface area contributed by atoms with Gasteiger partial charge in [-0.15, -0.1) is 0 Å². The molecule has 1 unspecified atom stereocenters. The minimum absolute atomic E-state index is 0.0109. The third-order valence-corrected chi connectivity index (χ3v) is 8.29. The van der Waals surface area contributed by atoms with E-state index in [1.165, 1.54) is 55.5 Å². The summed E-state index contributed by atoms with van der Waals surface area (Å²) in [6, 6.07) is 15.0. The van der Waals surface area contributed by atoms with E-state index in [1.54, 1.807) is 32.0 Å². The predicted molar refractivity (Wildman–Crippen MR) is 152 cm³/mol. The molecule has 0 saturated heterocycles. The molecule has 0 bridgehead atoms. The van der Waals surface area contributed by atoms with Gasteiger partial charge in [0.25, 0.3) is 10.0 Å². The van der Waals surface area contributed by atoms with Crippen molar-refractivity contribution >= 4 is 50.7 Å². The maximum absolute atomic E-state index is 14.6. The zero-order valence-corrected chi connectivity index (χ0v) is 24.3. The number of halogens is 3. The molecular formula is C28H30Cl2FN3O4S. The first kappa shape index (κ1) is 30.4. The highest BCUT2D eigenvalue weighted by molar-refractivity contribution is 7.92. The molecular weight excluding hydrogens is 564 g/mol. The number of rotatable bonds is 10. The quantitative estimate of drug-likeness (QED) is 0.332. The van der Waals surface area contributed by atoms with E-state index in [-0.39, 0.29) is 38.8 Å². The van der Waals surface area contributed by atoms with Gasteiger partial charge in [-0.25, -0.2) is 12.8 Å². The molecule has 0 spiro atoms. The molecule has 1 N–H and O–H groups in total. The molecule has 3 rings (SSSR count). The summed E-state index contributed by atoms with van der Waals surface area (Å²) in [5.41, 5.74) is 1.01. The zero-order chi connectivity index (χ0) is 28.9. The van der Waals surface area contributed by atoms with Crippen LogP contribution in [0.4, 0.5) is 10.1 Å². The van der Waals surface area contributed by atoms with Gasteiger partial charge in [-0.3, -0.25) is 13.9 Å². The van der Waals surface area contributed by atoms with Gasteiger partial charge in [0.05, 0.1) is 15.6 Å². The Bertz CT molecular complexity index is 1450. The number of nitrogens with zero attached hydrogens (tertiary/aromatic N) is 2. The molecule has 0 fully saturated rings. The molecule has 2 amide bonds. The van der Waals surface area contributed by atoms with E-state index < -0.39 is 40.2 Å². The summed E-state index contributed by atoms with van der Waals surface area (Å²) in [5, 5.41) is 3.00. The first-order chi connectivity index (χ1) is 18.3. The standard InChI is InChI=1S/C28H30Cl2FN3O4S/c1-18(2)32-28(36)20(4)33(16-21-7-5-6-8-25(21)31)27(35)17-34(26-15-22(29)11-14-24(26)30)39(37,38)23-12-9-19(3)10-13-23/h5-15,18,20H,16-17H2,1-4H3,(H,32,36). The molecule has 3 aromatic rings. The van der Waals surface area contributed by atoms with E-state index in [9.17, 15) is 22.4 Å². The van der Waals surface area contributed by atoms with Crippen LogP contribution >= 0.6 is 23.2 Å². The van der Waals surface area contributed by atoms with Gasteiger partial charge < -0.3 is 10.2 Å². The smallest absolute Gasteiger partial charge is 0.264 e. The normalized spacial score (nSPS) is 12.2. The summed E-state index contributed by atoms with van der Waals surface area (Å²) >= 11 is 12.6. The molecule has 0 aliphatic carbocycles. The number of carbonyl (C=O) groups is 2. The molecule has 7 nitrogen and oxygen atoms in total. The molecule has 0 aromatic heterocycles. The van der Waals surface area contributed by atoms with Crippen molar-refractivity contribution in [2.45, 2.75) is 51.2 Å². The number of hydrogen-bond acceptors (Lipinski definition) is 4. The maximum atomic E-state index is 14.6. The van der Waals surface area contributed by atoms with Crippen LogP contribution < -0.4 is 9.62 Å². The third kappa shape index (κ3) is 7.50. The SMILES string of the molecule is Cc1ccc(S(=O)(=O)N(CC(=O)N(Cc2ccccc2F)C(C)C(=O)NC(C)C)c2cc(Cl)ccc2Cl)cc1. The highest BCUT2D eigenvalue weighted by atomic mass is 35.5. The number of anilines is 1. The van der Waals surface area contributed by atoms with Crippen LogP contribution in [0, 0.1) is 12.7 Å². The van der Waals surface area contributed by atoms with Crippen molar-refractivity contribution in [1.29, 1.82) is 0 Å². The summed E-state index contributed by atoms with van der Waals surface area (Å²) in [6.07, 6.45) is 0. The van der Waals surface area contributed by atoms with Crippen LogP contribution in [0.5, 0.6) is 0 Å². The summed E-state index contributed by atoms with van der Waals surface area (Å²) in [4.78, 5) is 27.8. The van der Waals surface area contributed by atoms with Crippen LogP contribution in [0.3, 0.4) is 0 Å². The summed E-state index contributed by atoms with van der Waals surface area (Å²) in [7, 11) is -4.32. The number of sulfonamides is 1. The largest absolute Gasteiger partial charge is 0.352 e. The number of aryl methyl sites for hydroxylation is 1. The zero-order valence-electron chi connectivity index (χ0n) is 22.0. The summed E-state index contributed by atoms with van der Waals surface area (Å²) in [5.74, 6) is -1.77. The molecule has 0 aliphatic heterocycles. The van der Waals surface area contributed by atoms with Gasteiger partial charge in [0.2, 0.25) is 11.8 Å². The Morgan fingerprint density at radius 2 is 1.62 bits per heavy atom. The van der Waals surface area contributed by atoms with Gasteiger partial charge in [-0.1, -0.05) is 59.1 Å². The van der Waals surface area contributed by atoms with Gasteiger partial charge >= 0.3 is 0 Å². The molecule has 11 heteroatoms. The molecule has 208 valence electrons. The summed E-state index contributed by atoms with van der Waals surface area (Å²) in [6.45, 7) is 5.87. The maximum Gasteiger partial charge on any atom is 0.264 e. The van der Waals surface area contributed by atoms with Crippen LogP contribution in [0.25, 0.3) is 0 Å². The molecule has 0 heterocycles. The fraction of sp³-hybridized carbons (Fsp3) is 0.286. The number of nitrogens with one attached hydrogen (secondary N) is 1. The highest BCUT2D eigenvalue weighted by Gasteiger charge is 2.34. The van der Waals surface area contributed by atoms with Gasteiger partial charge in [0, 0.05) is 23.2 Å². The van der Waals surface area contributed by atoms with Crippen molar-refractivity contribution in [3.8, 4) is 0 Å². The average Bonchev–Trinajstić information content (AvgIpc) is 2.87. The molecule has 0 radical (unpaired) electrons. The lowest BCUT2D eigenvalue weighted by Crippen LogP contribution is -2.52. The number of amides is 2. The van der Waals surface area contributed by atoms with Crippen LogP contribution in [0.1, 0.15) is 31.9 Å². The number of hydrogen-bond donors (Lipinski definition) is 1. The van der Waals surface area contributed by atoms with Crippen molar-refractivity contribution in [3.05, 3.63) is 93.7 Å². The van der Waals surface area contributed by atoms with Crippen LogP contribution in [-0.4, -0.2) is 43.8 Å². The van der Waals surface area contributed by atoms with E-state index in [0.29, 0.717) is 0 Å². The van der Waals surface area contributed by atoms with Crippen molar-refractivity contribution in [2.75, 3.05) is 10.8 Å². The van der Waals surface area contributed by atoms with Crippen molar-refractivity contribution < 1.29 is 22.4 Å². The Morgan fingerprint density at radius 1 is 0.974 bits per heavy atom. The second kappa shape index (κ2) is 12.8. The summed E-state index contributed by atoms with van der Waals surface area (Å²) < 4.78 is 43.1. The molecule has 39 heavy (non-hydrogen) atoms. The van der Waals surface area contributed by atoms with Gasteiger partial charge in [0.1, 0.15) is 18.4 Å².